The van der Waals surface area contributed by atoms with Crippen molar-refractivity contribution in [2.75, 3.05) is 19.8 Å². The molecule has 0 spiro atoms. The summed E-state index contributed by atoms with van der Waals surface area (Å²) in [6, 6.07) is 0. The van der Waals surface area contributed by atoms with Crippen LogP contribution in [0.25, 0.3) is 0 Å². The van der Waals surface area contributed by atoms with E-state index in [9.17, 15) is 30.0 Å². The van der Waals surface area contributed by atoms with Gasteiger partial charge in [0.05, 0.1) is 13.2 Å². The van der Waals surface area contributed by atoms with Crippen LogP contribution in [0.15, 0.2) is 12.2 Å². The van der Waals surface area contributed by atoms with E-state index in [2.05, 4.69) is 26.0 Å². The molecule has 1 saturated heterocycles. The number of aliphatic hydroxyl groups is 4. The highest BCUT2D eigenvalue weighted by Crippen LogP contribution is 2.23. The van der Waals surface area contributed by atoms with Crippen molar-refractivity contribution in [1.82, 2.24) is 0 Å². The second kappa shape index (κ2) is 43.3. The van der Waals surface area contributed by atoms with Crippen LogP contribution in [0, 0.1) is 0 Å². The topological polar surface area (TPSA) is 152 Å². The van der Waals surface area contributed by atoms with Crippen molar-refractivity contribution in [2.24, 2.45) is 0 Å². The van der Waals surface area contributed by atoms with Gasteiger partial charge < -0.3 is 39.4 Å². The average Bonchev–Trinajstić information content (AvgIpc) is 3.27. The predicted octanol–water partition coefficient (Wildman–Crippen LogP) is 12.3. The Morgan fingerprint density at radius 1 is 0.484 bits per heavy atom. The summed E-state index contributed by atoms with van der Waals surface area (Å²) in [5.41, 5.74) is 0. The van der Waals surface area contributed by atoms with Crippen LogP contribution in [0.2, 0.25) is 0 Å². The third kappa shape index (κ3) is 33.9. The monoisotopic (exact) mass is 883 g/mol. The first-order valence-electron chi connectivity index (χ1n) is 26.3. The number of esters is 2. The maximum atomic E-state index is 12.8. The second-order valence-corrected chi connectivity index (χ2v) is 18.3. The number of aliphatic hydroxyl groups excluding tert-OH is 4. The summed E-state index contributed by atoms with van der Waals surface area (Å²) in [7, 11) is 0. The van der Waals surface area contributed by atoms with E-state index in [0.717, 1.165) is 38.5 Å². The number of unbranched alkanes of at least 4 members (excludes halogenated alkanes) is 32. The molecule has 4 N–H and O–H groups in total. The van der Waals surface area contributed by atoms with Crippen LogP contribution in [-0.2, 0) is 28.5 Å². The van der Waals surface area contributed by atoms with Gasteiger partial charge in [0.2, 0.25) is 0 Å². The van der Waals surface area contributed by atoms with Gasteiger partial charge in [-0.3, -0.25) is 9.59 Å². The lowest BCUT2D eigenvalue weighted by atomic mass is 9.99. The minimum absolute atomic E-state index is 0.211. The standard InChI is InChI=1S/C52H98O10/c1-3-5-7-9-11-13-15-17-19-21-22-23-24-25-27-29-31-33-35-37-39-41-48(55)61-45(44-60-52-51(58)50(57)49(56)46(42-53)62-52)43-59-47(54)40-38-36-34-32-30-28-26-20-18-16-14-12-10-8-6-4-2/h17,19,45-46,49-53,56-58H,3-16,18,20-44H2,1-2H3/b19-17+/t45-,46-,49+,50?,51?,52-/m1/s1. The molecule has 0 aliphatic carbocycles. The molecule has 1 aliphatic rings. The van der Waals surface area contributed by atoms with E-state index in [1.807, 2.05) is 0 Å². The summed E-state index contributed by atoms with van der Waals surface area (Å²) in [6.07, 6.45) is 40.7. The van der Waals surface area contributed by atoms with Crippen LogP contribution in [-0.4, -0.2) is 89.0 Å². The lowest BCUT2D eigenvalue weighted by Gasteiger charge is -2.39. The van der Waals surface area contributed by atoms with E-state index in [0.29, 0.717) is 6.42 Å². The van der Waals surface area contributed by atoms with Gasteiger partial charge in [-0.2, -0.15) is 0 Å². The normalized spacial score (nSPS) is 19.6. The average molecular weight is 883 g/mol. The van der Waals surface area contributed by atoms with E-state index in [1.165, 1.54) is 180 Å². The summed E-state index contributed by atoms with van der Waals surface area (Å²) in [5.74, 6) is -0.791. The van der Waals surface area contributed by atoms with Gasteiger partial charge in [-0.05, 0) is 38.5 Å². The van der Waals surface area contributed by atoms with Crippen LogP contribution < -0.4 is 0 Å². The maximum Gasteiger partial charge on any atom is 0.306 e. The Balaban J connectivity index is 2.23. The predicted molar refractivity (Wildman–Crippen MR) is 252 cm³/mol. The minimum atomic E-state index is -1.59. The van der Waals surface area contributed by atoms with Gasteiger partial charge in [0.15, 0.2) is 12.4 Å². The molecule has 10 nitrogen and oxygen atoms in total. The van der Waals surface area contributed by atoms with Gasteiger partial charge in [0.25, 0.3) is 0 Å². The van der Waals surface area contributed by atoms with E-state index in [-0.39, 0.29) is 32.0 Å². The van der Waals surface area contributed by atoms with E-state index in [1.54, 1.807) is 0 Å². The molecule has 0 aromatic carbocycles. The first kappa shape index (κ1) is 58.5. The van der Waals surface area contributed by atoms with Crippen molar-refractivity contribution in [3.8, 4) is 0 Å². The molecule has 0 saturated carbocycles. The van der Waals surface area contributed by atoms with Crippen LogP contribution in [0.4, 0.5) is 0 Å². The fraction of sp³-hybridized carbons (Fsp3) is 0.923. The van der Waals surface area contributed by atoms with Gasteiger partial charge in [-0.1, -0.05) is 212 Å². The highest BCUT2D eigenvalue weighted by molar-refractivity contribution is 5.70. The number of ether oxygens (including phenoxy) is 4. The van der Waals surface area contributed by atoms with Gasteiger partial charge in [0, 0.05) is 12.8 Å². The molecule has 0 radical (unpaired) electrons. The Morgan fingerprint density at radius 2 is 0.855 bits per heavy atom. The van der Waals surface area contributed by atoms with Gasteiger partial charge in [-0.15, -0.1) is 0 Å². The Bertz CT molecular complexity index is 1020. The smallest absolute Gasteiger partial charge is 0.306 e. The molecule has 0 amide bonds. The molecule has 10 heteroatoms. The molecule has 2 unspecified atom stereocenters. The largest absolute Gasteiger partial charge is 0.462 e. The van der Waals surface area contributed by atoms with Crippen LogP contribution in [0.5, 0.6) is 0 Å². The minimum Gasteiger partial charge on any atom is -0.462 e. The van der Waals surface area contributed by atoms with Crippen molar-refractivity contribution in [1.29, 1.82) is 0 Å². The van der Waals surface area contributed by atoms with E-state index in [4.69, 9.17) is 18.9 Å². The first-order valence-corrected chi connectivity index (χ1v) is 26.3. The third-order valence-electron chi connectivity index (χ3n) is 12.4. The molecule has 0 bridgehead atoms. The molecular formula is C52H98O10. The van der Waals surface area contributed by atoms with E-state index < -0.39 is 49.4 Å². The van der Waals surface area contributed by atoms with Crippen molar-refractivity contribution in [2.45, 2.75) is 288 Å². The number of hydrogen-bond acceptors (Lipinski definition) is 10. The molecule has 1 heterocycles. The Labute approximate surface area is 380 Å². The summed E-state index contributed by atoms with van der Waals surface area (Å²) in [6.45, 7) is 3.47. The molecule has 62 heavy (non-hydrogen) atoms. The zero-order chi connectivity index (χ0) is 45.1. The highest BCUT2D eigenvalue weighted by Gasteiger charge is 2.44. The Hall–Kier alpha value is -1.56. The molecular weight excluding hydrogens is 785 g/mol. The molecule has 6 atom stereocenters. The maximum absolute atomic E-state index is 12.8. The zero-order valence-electron chi connectivity index (χ0n) is 40.1. The number of carbonyl (C=O) groups excluding carboxylic acids is 2. The summed E-state index contributed by atoms with van der Waals surface area (Å²) < 4.78 is 22.3. The number of carbonyl (C=O) groups is 2. The first-order chi connectivity index (χ1) is 30.3. The number of allylic oxidation sites excluding steroid dienone is 2. The summed E-state index contributed by atoms with van der Waals surface area (Å²) in [4.78, 5) is 25.5. The highest BCUT2D eigenvalue weighted by atomic mass is 16.7. The molecule has 0 aromatic heterocycles. The molecule has 1 fully saturated rings. The van der Waals surface area contributed by atoms with Crippen LogP contribution in [0.3, 0.4) is 0 Å². The van der Waals surface area contributed by atoms with Crippen molar-refractivity contribution in [3.05, 3.63) is 12.2 Å². The fourth-order valence-corrected chi connectivity index (χ4v) is 8.24. The van der Waals surface area contributed by atoms with Gasteiger partial charge in [0.1, 0.15) is 31.0 Å². The lowest BCUT2D eigenvalue weighted by Crippen LogP contribution is -2.59. The Morgan fingerprint density at radius 3 is 1.26 bits per heavy atom. The molecule has 1 rings (SSSR count). The zero-order valence-corrected chi connectivity index (χ0v) is 40.1. The fourth-order valence-electron chi connectivity index (χ4n) is 8.24. The quantitative estimate of drug-likeness (QED) is 0.0264. The molecule has 366 valence electrons. The van der Waals surface area contributed by atoms with Crippen molar-refractivity contribution < 1.29 is 49.0 Å². The number of rotatable bonds is 45. The van der Waals surface area contributed by atoms with Crippen molar-refractivity contribution >= 4 is 11.9 Å². The van der Waals surface area contributed by atoms with Gasteiger partial charge >= 0.3 is 11.9 Å². The second-order valence-electron chi connectivity index (χ2n) is 18.3. The lowest BCUT2D eigenvalue weighted by molar-refractivity contribution is -0.305. The van der Waals surface area contributed by atoms with Crippen molar-refractivity contribution in [3.63, 3.8) is 0 Å². The van der Waals surface area contributed by atoms with Crippen LogP contribution in [0.1, 0.15) is 251 Å². The summed E-state index contributed by atoms with van der Waals surface area (Å²) in [5, 5.41) is 40.2. The Kier molecular flexibility index (Phi) is 40.9. The molecule has 1 aliphatic heterocycles. The SMILES string of the molecule is CCCCCCCC/C=C/CCCCCCCCCCCCCC(=O)O[C@H](COC(=O)CCCCCCCCCCCCCCCCCC)CO[C@@H]1O[C@H](CO)[C@H](O)C(O)C1O. The molecule has 0 aromatic rings. The summed E-state index contributed by atoms with van der Waals surface area (Å²) >= 11 is 0. The van der Waals surface area contributed by atoms with Gasteiger partial charge in [-0.25, -0.2) is 0 Å². The third-order valence-corrected chi connectivity index (χ3v) is 12.4. The van der Waals surface area contributed by atoms with E-state index >= 15 is 0 Å². The van der Waals surface area contributed by atoms with Crippen LogP contribution >= 0.6 is 0 Å². The number of hydrogen-bond donors (Lipinski definition) is 4.